The molecule has 0 saturated carbocycles. The van der Waals surface area contributed by atoms with E-state index < -0.39 is 11.7 Å². The number of nitrogens with zero attached hydrogens (tertiary/aromatic N) is 3. The zero-order chi connectivity index (χ0) is 14.6. The van der Waals surface area contributed by atoms with Gasteiger partial charge in [0.1, 0.15) is 5.82 Å². The van der Waals surface area contributed by atoms with Crippen LogP contribution in [0, 0.1) is 0 Å². The molecule has 21 heavy (non-hydrogen) atoms. The number of hydrogen-bond donors (Lipinski definition) is 1. The summed E-state index contributed by atoms with van der Waals surface area (Å²) in [5, 5.41) is 3.04. The van der Waals surface area contributed by atoms with Crippen LogP contribution in [0.15, 0.2) is 24.5 Å². The molecule has 0 saturated heterocycles. The van der Waals surface area contributed by atoms with Gasteiger partial charge in [-0.25, -0.2) is 4.98 Å². The first kappa shape index (κ1) is 12.4. The summed E-state index contributed by atoms with van der Waals surface area (Å²) in [6.07, 6.45) is 3.73. The summed E-state index contributed by atoms with van der Waals surface area (Å²) in [6.45, 7) is 2.27. The first-order chi connectivity index (χ1) is 10.1. The number of benzene rings is 1. The van der Waals surface area contributed by atoms with E-state index in [1.807, 2.05) is 6.20 Å². The van der Waals surface area contributed by atoms with E-state index in [1.165, 1.54) is 0 Å². The molecule has 1 aromatic heterocycles. The van der Waals surface area contributed by atoms with Crippen molar-refractivity contribution in [2.75, 3.05) is 16.8 Å². The third-order valence-corrected chi connectivity index (χ3v) is 4.17. The number of imidazole rings is 1. The predicted octanol–water partition coefficient (Wildman–Crippen LogP) is 1.69. The van der Waals surface area contributed by atoms with Crippen LogP contribution < -0.4 is 10.2 Å². The number of halogens is 1. The molecule has 1 N–H and O–H groups in total. The smallest absolute Gasteiger partial charge is 0.296 e. The van der Waals surface area contributed by atoms with Gasteiger partial charge < -0.3 is 14.8 Å². The summed E-state index contributed by atoms with van der Waals surface area (Å²) in [5.41, 5.74) is 1.67. The minimum absolute atomic E-state index is 0.340. The third kappa shape index (κ3) is 1.83. The van der Waals surface area contributed by atoms with Gasteiger partial charge in [-0.2, -0.15) is 0 Å². The van der Waals surface area contributed by atoms with Crippen molar-refractivity contribution < 1.29 is 9.59 Å². The number of rotatable bonds is 1. The highest BCUT2D eigenvalue weighted by Gasteiger charge is 2.30. The van der Waals surface area contributed by atoms with Crippen molar-refractivity contribution in [2.24, 2.45) is 0 Å². The molecule has 4 rings (SSSR count). The van der Waals surface area contributed by atoms with Crippen molar-refractivity contribution in [3.05, 3.63) is 40.9 Å². The molecule has 0 atom stereocenters. The van der Waals surface area contributed by atoms with Crippen LogP contribution in [0.25, 0.3) is 0 Å². The summed E-state index contributed by atoms with van der Waals surface area (Å²) in [4.78, 5) is 29.5. The second kappa shape index (κ2) is 4.33. The highest BCUT2D eigenvalue weighted by Crippen LogP contribution is 2.36. The fourth-order valence-electron chi connectivity index (χ4n) is 2.78. The summed E-state index contributed by atoms with van der Waals surface area (Å²) < 4.78 is 2.10. The van der Waals surface area contributed by atoms with E-state index in [9.17, 15) is 9.59 Å². The van der Waals surface area contributed by atoms with Crippen LogP contribution in [0.1, 0.15) is 16.2 Å². The minimum Gasteiger partial charge on any atom is -0.361 e. The number of aromatic nitrogens is 2. The summed E-state index contributed by atoms with van der Waals surface area (Å²) >= 11 is 6.30. The molecule has 7 heteroatoms. The Hall–Kier alpha value is -2.34. The molecule has 0 spiro atoms. The number of ketones is 1. The van der Waals surface area contributed by atoms with Gasteiger partial charge in [0.15, 0.2) is 0 Å². The average Bonchev–Trinajstić information content (AvgIpc) is 3.04. The molecule has 0 fully saturated rings. The Kier molecular flexibility index (Phi) is 2.56. The molecule has 1 amide bonds. The Balaban J connectivity index is 1.73. The van der Waals surface area contributed by atoms with Crippen LogP contribution >= 0.6 is 11.6 Å². The van der Waals surface area contributed by atoms with Crippen molar-refractivity contribution in [3.63, 3.8) is 0 Å². The number of carbonyl (C=O) groups excluding carboxylic acids is 2. The van der Waals surface area contributed by atoms with Gasteiger partial charge in [0.2, 0.25) is 0 Å². The molecule has 3 heterocycles. The molecule has 0 radical (unpaired) electrons. The monoisotopic (exact) mass is 302 g/mol. The Morgan fingerprint density at radius 1 is 1.24 bits per heavy atom. The number of nitrogens with one attached hydrogen (secondary N) is 1. The van der Waals surface area contributed by atoms with Gasteiger partial charge in [0.25, 0.3) is 11.7 Å². The van der Waals surface area contributed by atoms with Crippen LogP contribution in [-0.4, -0.2) is 27.8 Å². The highest BCUT2D eigenvalue weighted by molar-refractivity contribution is 6.52. The van der Waals surface area contributed by atoms with E-state index >= 15 is 0 Å². The maximum atomic E-state index is 11.7. The number of anilines is 2. The third-order valence-electron chi connectivity index (χ3n) is 3.87. The lowest BCUT2D eigenvalue weighted by Crippen LogP contribution is -2.33. The summed E-state index contributed by atoms with van der Waals surface area (Å²) in [6, 6.07) is 3.33. The highest BCUT2D eigenvalue weighted by atomic mass is 35.5. The number of carbonyl (C=O) groups is 2. The first-order valence-electron chi connectivity index (χ1n) is 6.57. The van der Waals surface area contributed by atoms with Crippen molar-refractivity contribution in [2.45, 2.75) is 13.1 Å². The Labute approximate surface area is 125 Å². The number of Topliss-reactive ketones (excluding diaryl/α,β-unsaturated/α-hetero) is 1. The largest absolute Gasteiger partial charge is 0.361 e. The van der Waals surface area contributed by atoms with Gasteiger partial charge in [0.05, 0.1) is 28.5 Å². The molecule has 2 aromatic rings. The average molecular weight is 303 g/mol. The van der Waals surface area contributed by atoms with E-state index in [2.05, 4.69) is 19.8 Å². The number of fused-ring (bicyclic) bond motifs is 2. The molecular formula is C14H11ClN4O2. The quantitative estimate of drug-likeness (QED) is 0.814. The first-order valence-corrected chi connectivity index (χ1v) is 6.95. The maximum absolute atomic E-state index is 11.7. The fraction of sp³-hybridized carbons (Fsp3) is 0.214. The van der Waals surface area contributed by atoms with Crippen molar-refractivity contribution in [1.82, 2.24) is 9.55 Å². The molecule has 1 aromatic carbocycles. The molecule has 2 aliphatic rings. The van der Waals surface area contributed by atoms with Crippen LogP contribution in [0.4, 0.5) is 11.4 Å². The van der Waals surface area contributed by atoms with Crippen LogP contribution in [0.5, 0.6) is 0 Å². The van der Waals surface area contributed by atoms with Crippen LogP contribution in [0.3, 0.4) is 0 Å². The van der Waals surface area contributed by atoms with E-state index in [1.54, 1.807) is 18.3 Å². The normalized spacial score (nSPS) is 16.7. The topological polar surface area (TPSA) is 67.2 Å². The molecule has 0 bridgehead atoms. The van der Waals surface area contributed by atoms with E-state index in [4.69, 9.17) is 11.6 Å². The lowest BCUT2D eigenvalue weighted by molar-refractivity contribution is -0.112. The van der Waals surface area contributed by atoms with Gasteiger partial charge in [-0.15, -0.1) is 0 Å². The van der Waals surface area contributed by atoms with E-state index in [0.717, 1.165) is 24.6 Å². The molecule has 2 aliphatic heterocycles. The zero-order valence-electron chi connectivity index (χ0n) is 11.0. The van der Waals surface area contributed by atoms with Gasteiger partial charge in [-0.05, 0) is 12.1 Å². The van der Waals surface area contributed by atoms with Crippen molar-refractivity contribution in [1.29, 1.82) is 0 Å². The predicted molar refractivity (Wildman–Crippen MR) is 77.7 cm³/mol. The van der Waals surface area contributed by atoms with Crippen LogP contribution in [-0.2, 0) is 17.9 Å². The van der Waals surface area contributed by atoms with Gasteiger partial charge >= 0.3 is 0 Å². The summed E-state index contributed by atoms with van der Waals surface area (Å²) in [5.74, 6) is -0.169. The van der Waals surface area contributed by atoms with Gasteiger partial charge in [-0.1, -0.05) is 11.6 Å². The Morgan fingerprint density at radius 3 is 2.95 bits per heavy atom. The minimum atomic E-state index is -0.604. The van der Waals surface area contributed by atoms with Gasteiger partial charge in [-0.3, -0.25) is 9.59 Å². The summed E-state index contributed by atoms with van der Waals surface area (Å²) in [7, 11) is 0. The standard InChI is InChI=1S/C14H11ClN4O2/c15-9-5-8-10(17-14(21)13(8)20)6-11(9)19-4-3-18-2-1-16-12(18)7-19/h1-2,5-6H,3-4,7H2,(H,17,20,21). The zero-order valence-corrected chi connectivity index (χ0v) is 11.7. The van der Waals surface area contributed by atoms with Crippen molar-refractivity contribution in [3.8, 4) is 0 Å². The fourth-order valence-corrected chi connectivity index (χ4v) is 3.06. The number of amides is 1. The van der Waals surface area contributed by atoms with E-state index in [-0.39, 0.29) is 0 Å². The molecule has 106 valence electrons. The molecule has 0 unspecified atom stereocenters. The second-order valence-electron chi connectivity index (χ2n) is 5.09. The van der Waals surface area contributed by atoms with Gasteiger partial charge in [0, 0.05) is 25.5 Å². The van der Waals surface area contributed by atoms with Crippen LogP contribution in [0.2, 0.25) is 5.02 Å². The molecule has 0 aliphatic carbocycles. The lowest BCUT2D eigenvalue weighted by atomic mass is 10.1. The molecule has 6 nitrogen and oxygen atoms in total. The Morgan fingerprint density at radius 2 is 2.10 bits per heavy atom. The Bertz CT molecular complexity index is 783. The number of hydrogen-bond acceptors (Lipinski definition) is 4. The van der Waals surface area contributed by atoms with E-state index in [0.29, 0.717) is 22.8 Å². The lowest BCUT2D eigenvalue weighted by Gasteiger charge is -2.30. The molecular weight excluding hydrogens is 292 g/mol. The maximum Gasteiger partial charge on any atom is 0.296 e. The van der Waals surface area contributed by atoms with Crippen molar-refractivity contribution >= 4 is 34.7 Å². The SMILES string of the molecule is O=C1Nc2cc(N3CCn4ccnc4C3)c(Cl)cc2C1=O. The second-order valence-corrected chi connectivity index (χ2v) is 5.50.